The number of ether oxygens (including phenoxy) is 2. The van der Waals surface area contributed by atoms with Crippen molar-refractivity contribution in [1.29, 1.82) is 0 Å². The van der Waals surface area contributed by atoms with Crippen LogP contribution in [0.1, 0.15) is 62.3 Å². The second-order valence-corrected chi connectivity index (χ2v) is 10.0. The van der Waals surface area contributed by atoms with Crippen molar-refractivity contribution in [3.63, 3.8) is 0 Å². The second-order valence-electron chi connectivity index (χ2n) is 10.0. The molecule has 35 heavy (non-hydrogen) atoms. The molecular weight excluding hydrogens is 440 g/mol. The van der Waals surface area contributed by atoms with E-state index in [1.54, 1.807) is 0 Å². The maximum Gasteiger partial charge on any atom is 0.317 e. The lowest BCUT2D eigenvalue weighted by Gasteiger charge is -2.46. The minimum Gasteiger partial charge on any atom is -0.353 e. The molecule has 2 fully saturated rings. The van der Waals surface area contributed by atoms with Gasteiger partial charge in [0.25, 0.3) is 0 Å². The van der Waals surface area contributed by atoms with Crippen molar-refractivity contribution in [3.05, 3.63) is 35.0 Å². The number of nitrogens with zero attached hydrogens (tertiary/aromatic N) is 2. The largest absolute Gasteiger partial charge is 0.353 e. The highest BCUT2D eigenvalue weighted by atomic mass is 16.7. The number of likely N-dealkylation sites (N-methyl/N-ethyl adjacent to an activating group) is 1. The number of aromatic amines is 1. The number of nitrogens with one attached hydrogen (secondary N) is 2. The van der Waals surface area contributed by atoms with Gasteiger partial charge < -0.3 is 29.6 Å². The monoisotopic (exact) mass is 478 g/mol. The fourth-order valence-corrected chi connectivity index (χ4v) is 6.12. The van der Waals surface area contributed by atoms with E-state index >= 15 is 0 Å². The first-order valence-electron chi connectivity index (χ1n) is 13.2. The Hall–Kier alpha value is -2.53. The van der Waals surface area contributed by atoms with Crippen molar-refractivity contribution < 1.29 is 14.3 Å². The van der Waals surface area contributed by atoms with E-state index in [-0.39, 0.29) is 18.4 Å². The third-order valence-corrected chi connectivity index (χ3v) is 7.92. The molecule has 3 heterocycles. The third-order valence-electron chi connectivity index (χ3n) is 7.92. The maximum absolute atomic E-state index is 12.7. The third kappa shape index (κ3) is 4.93. The van der Waals surface area contributed by atoms with Crippen LogP contribution in [-0.4, -0.2) is 79.1 Å². The number of rotatable bonds is 5. The molecule has 1 unspecified atom stereocenters. The fourth-order valence-electron chi connectivity index (χ4n) is 6.12. The van der Waals surface area contributed by atoms with Gasteiger partial charge in [0.15, 0.2) is 6.29 Å². The van der Waals surface area contributed by atoms with Crippen LogP contribution in [0.2, 0.25) is 0 Å². The van der Waals surface area contributed by atoms with Crippen molar-refractivity contribution in [2.24, 2.45) is 0 Å². The first kappa shape index (κ1) is 24.2. The SMILES string of the molecule is CCN(CC)C(=O)N[C@H]1C[C@@H]2c3cccc4[nH]c(C#CCOC5CCCCO5)c(c34)C[C@H]2N(C)C1. The Bertz CT molecular complexity index is 1110. The number of fused-ring (bicyclic) bond motifs is 2. The molecule has 0 saturated carbocycles. The predicted octanol–water partition coefficient (Wildman–Crippen LogP) is 3.83. The first-order valence-corrected chi connectivity index (χ1v) is 13.2. The van der Waals surface area contributed by atoms with E-state index in [4.69, 9.17) is 9.47 Å². The summed E-state index contributed by atoms with van der Waals surface area (Å²) >= 11 is 0. The van der Waals surface area contributed by atoms with Gasteiger partial charge in [0, 0.05) is 55.1 Å². The zero-order valence-corrected chi connectivity index (χ0v) is 21.2. The molecular formula is C28H38N4O3. The normalized spacial score (nSPS) is 26.0. The number of hydrogen-bond donors (Lipinski definition) is 2. The Morgan fingerprint density at radius 3 is 2.94 bits per heavy atom. The Morgan fingerprint density at radius 1 is 1.31 bits per heavy atom. The summed E-state index contributed by atoms with van der Waals surface area (Å²) in [5.41, 5.74) is 4.84. The zero-order chi connectivity index (χ0) is 24.4. The summed E-state index contributed by atoms with van der Waals surface area (Å²) in [5.74, 6) is 6.95. The molecule has 4 atom stereocenters. The number of amides is 2. The van der Waals surface area contributed by atoms with Gasteiger partial charge in [-0.15, -0.1) is 0 Å². The van der Waals surface area contributed by atoms with E-state index in [0.717, 1.165) is 69.6 Å². The average molecular weight is 479 g/mol. The minimum absolute atomic E-state index is 0.0432. The van der Waals surface area contributed by atoms with Crippen molar-refractivity contribution in [3.8, 4) is 11.8 Å². The van der Waals surface area contributed by atoms with Gasteiger partial charge in [-0.1, -0.05) is 18.1 Å². The van der Waals surface area contributed by atoms with Gasteiger partial charge in [0.2, 0.25) is 0 Å². The van der Waals surface area contributed by atoms with Crippen molar-refractivity contribution >= 4 is 16.9 Å². The van der Waals surface area contributed by atoms with Crippen LogP contribution in [0.4, 0.5) is 4.79 Å². The molecule has 2 amide bonds. The molecule has 1 aromatic heterocycles. The molecule has 5 rings (SSSR count). The lowest BCUT2D eigenvalue weighted by atomic mass is 9.73. The molecule has 2 aromatic rings. The molecule has 2 saturated heterocycles. The molecule has 7 heteroatoms. The van der Waals surface area contributed by atoms with Crippen LogP contribution in [0.5, 0.6) is 0 Å². The molecule has 3 aliphatic rings. The zero-order valence-electron chi connectivity index (χ0n) is 21.2. The van der Waals surface area contributed by atoms with E-state index in [1.807, 2.05) is 18.7 Å². The summed E-state index contributed by atoms with van der Waals surface area (Å²) < 4.78 is 11.5. The molecule has 0 radical (unpaired) electrons. The number of urea groups is 1. The average Bonchev–Trinajstić information content (AvgIpc) is 3.22. The number of benzene rings is 1. The van der Waals surface area contributed by atoms with Gasteiger partial charge in [-0.3, -0.25) is 0 Å². The Labute approximate surface area is 208 Å². The van der Waals surface area contributed by atoms with Crippen LogP contribution >= 0.6 is 0 Å². The van der Waals surface area contributed by atoms with Crippen LogP contribution in [0, 0.1) is 11.8 Å². The van der Waals surface area contributed by atoms with Crippen LogP contribution in [0.3, 0.4) is 0 Å². The summed E-state index contributed by atoms with van der Waals surface area (Å²) in [6.07, 6.45) is 5.04. The molecule has 1 aromatic carbocycles. The standard InChI is InChI=1S/C28H38N4O3/c1-4-32(5-2)28(33)29-19-16-21-20-10-8-11-24-27(20)22(17-25(21)31(3)18-19)23(30-24)12-9-15-35-26-13-6-7-14-34-26/h8,10-11,19,21,25-26,30H,4-7,13-18H2,1-3H3,(H,29,33)/t19-,21+,25+,26?/m0/s1. The van der Waals surface area contributed by atoms with Crippen LogP contribution in [0.15, 0.2) is 18.2 Å². The summed E-state index contributed by atoms with van der Waals surface area (Å²) in [6.45, 7) is 7.53. The maximum atomic E-state index is 12.7. The van der Waals surface area contributed by atoms with E-state index in [2.05, 4.69) is 52.3 Å². The second kappa shape index (κ2) is 10.6. The van der Waals surface area contributed by atoms with Crippen LogP contribution in [0.25, 0.3) is 10.9 Å². The topological polar surface area (TPSA) is 69.8 Å². The highest BCUT2D eigenvalue weighted by Crippen LogP contribution is 2.44. The van der Waals surface area contributed by atoms with E-state index in [9.17, 15) is 4.79 Å². The number of H-pyrrole nitrogens is 1. The van der Waals surface area contributed by atoms with Crippen LogP contribution < -0.4 is 5.32 Å². The van der Waals surface area contributed by atoms with Gasteiger partial charge in [0.1, 0.15) is 6.61 Å². The van der Waals surface area contributed by atoms with Gasteiger partial charge in [0.05, 0.1) is 5.69 Å². The number of carbonyl (C=O) groups excluding carboxylic acids is 1. The van der Waals surface area contributed by atoms with Crippen molar-refractivity contribution in [2.45, 2.75) is 70.2 Å². The molecule has 0 spiro atoms. The van der Waals surface area contributed by atoms with Gasteiger partial charge in [-0.2, -0.15) is 0 Å². The summed E-state index contributed by atoms with van der Waals surface area (Å²) in [7, 11) is 2.19. The van der Waals surface area contributed by atoms with E-state index in [0.29, 0.717) is 18.6 Å². The smallest absolute Gasteiger partial charge is 0.317 e. The summed E-state index contributed by atoms with van der Waals surface area (Å²) in [6, 6.07) is 7.13. The van der Waals surface area contributed by atoms with Gasteiger partial charge in [-0.05, 0) is 76.1 Å². The van der Waals surface area contributed by atoms with Crippen LogP contribution in [-0.2, 0) is 15.9 Å². The minimum atomic E-state index is -0.113. The van der Waals surface area contributed by atoms with Crippen molar-refractivity contribution in [1.82, 2.24) is 20.1 Å². The highest BCUT2D eigenvalue weighted by Gasteiger charge is 2.40. The first-order chi connectivity index (χ1) is 17.1. The summed E-state index contributed by atoms with van der Waals surface area (Å²) in [5, 5.41) is 4.62. The van der Waals surface area contributed by atoms with Gasteiger partial charge in [-0.25, -0.2) is 4.79 Å². The van der Waals surface area contributed by atoms with E-state index in [1.165, 1.54) is 16.5 Å². The Kier molecular flexibility index (Phi) is 7.33. The Morgan fingerprint density at radius 2 is 2.17 bits per heavy atom. The summed E-state index contributed by atoms with van der Waals surface area (Å²) in [4.78, 5) is 20.6. The van der Waals surface area contributed by atoms with Gasteiger partial charge >= 0.3 is 6.03 Å². The number of aromatic nitrogens is 1. The molecule has 7 nitrogen and oxygen atoms in total. The highest BCUT2D eigenvalue weighted by molar-refractivity contribution is 5.90. The lowest BCUT2D eigenvalue weighted by molar-refractivity contribution is -0.154. The molecule has 188 valence electrons. The quantitative estimate of drug-likeness (QED) is 0.641. The molecule has 2 aliphatic heterocycles. The number of hydrogen-bond acceptors (Lipinski definition) is 4. The Balaban J connectivity index is 1.35. The van der Waals surface area contributed by atoms with E-state index < -0.39 is 0 Å². The number of piperidine rings is 1. The van der Waals surface area contributed by atoms with Crippen molar-refractivity contribution in [2.75, 3.05) is 39.9 Å². The number of likely N-dealkylation sites (tertiary alicyclic amines) is 1. The lowest BCUT2D eigenvalue weighted by Crippen LogP contribution is -2.56. The number of carbonyl (C=O) groups is 1. The predicted molar refractivity (Wildman–Crippen MR) is 137 cm³/mol. The fraction of sp³-hybridized carbons (Fsp3) is 0.607. The molecule has 0 bridgehead atoms. The molecule has 2 N–H and O–H groups in total. The molecule has 1 aliphatic carbocycles.